The Kier molecular flexibility index (Phi) is 6.12. The molecule has 164 valence electrons. The molecule has 0 aliphatic rings. The Bertz CT molecular complexity index is 1370. The minimum Gasteiger partial charge on any atom is -0.422 e. The highest BCUT2D eigenvalue weighted by Crippen LogP contribution is 2.29. The van der Waals surface area contributed by atoms with Gasteiger partial charge in [0.05, 0.1) is 0 Å². The lowest BCUT2D eigenvalue weighted by atomic mass is 10.1. The van der Waals surface area contributed by atoms with Crippen LogP contribution in [-0.2, 0) is 12.8 Å². The maximum Gasteiger partial charge on any atom is 0.412 e. The second kappa shape index (κ2) is 9.14. The third-order valence-electron chi connectivity index (χ3n) is 5.44. The lowest BCUT2D eigenvalue weighted by Crippen LogP contribution is -2.29. The zero-order chi connectivity index (χ0) is 22.7. The van der Waals surface area contributed by atoms with Gasteiger partial charge in [0.25, 0.3) is 0 Å². The molecule has 0 fully saturated rings. The first-order valence-electron chi connectivity index (χ1n) is 10.6. The van der Waals surface area contributed by atoms with Crippen LogP contribution in [0.5, 0.6) is 5.75 Å². The molecule has 4 rings (SSSR count). The molecule has 0 unspecified atom stereocenters. The molecule has 6 nitrogen and oxygen atoms in total. The number of hydrogen-bond donors (Lipinski definition) is 2. The molecule has 0 spiro atoms. The maximum atomic E-state index is 12.5. The summed E-state index contributed by atoms with van der Waals surface area (Å²) in [4.78, 5) is 27.7. The van der Waals surface area contributed by atoms with E-state index in [0.717, 1.165) is 27.6 Å². The second-order valence-electron chi connectivity index (χ2n) is 8.04. The van der Waals surface area contributed by atoms with Crippen LogP contribution in [0, 0.1) is 6.92 Å². The molecule has 6 heteroatoms. The third-order valence-corrected chi connectivity index (χ3v) is 5.44. The third kappa shape index (κ3) is 4.59. The number of fused-ring (bicyclic) bond motifs is 2. The lowest BCUT2D eigenvalue weighted by molar-refractivity contribution is 0.200. The van der Waals surface area contributed by atoms with Gasteiger partial charge in [0.1, 0.15) is 11.3 Å². The number of rotatable bonds is 6. The fourth-order valence-corrected chi connectivity index (χ4v) is 3.85. The molecule has 0 atom stereocenters. The normalized spacial score (nSPS) is 11.0. The van der Waals surface area contributed by atoms with Crippen LogP contribution >= 0.6 is 0 Å². The number of H-pyrrole nitrogens is 1. The molecule has 1 amide bonds. The Balaban J connectivity index is 1.50. The monoisotopic (exact) mass is 430 g/mol. The first kappa shape index (κ1) is 21.4. The summed E-state index contributed by atoms with van der Waals surface area (Å²) in [7, 11) is 0. The summed E-state index contributed by atoms with van der Waals surface area (Å²) in [5.74, 6) is 0.380. The van der Waals surface area contributed by atoms with Gasteiger partial charge < -0.3 is 19.5 Å². The quantitative estimate of drug-likeness (QED) is 0.316. The standard InChI is InChI=1S/C26H26N2O4/c1-16(2)8-11-21-23(12-9-18-10-13-24(29)32-25(18)21)31-26(30)27-15-14-19-17(3)28-22-7-5-4-6-20(19)22/h4-10,12-13,28H,11,14-15H2,1-3H3,(H,27,30). The summed E-state index contributed by atoms with van der Waals surface area (Å²) < 4.78 is 11.0. The molecule has 0 aliphatic carbocycles. The van der Waals surface area contributed by atoms with Crippen molar-refractivity contribution in [2.75, 3.05) is 6.54 Å². The van der Waals surface area contributed by atoms with Crippen molar-refractivity contribution < 1.29 is 13.9 Å². The summed E-state index contributed by atoms with van der Waals surface area (Å²) in [6.45, 7) is 6.45. The molecule has 0 aliphatic heterocycles. The molecule has 2 N–H and O–H groups in total. The molecule has 0 bridgehead atoms. The van der Waals surface area contributed by atoms with Crippen LogP contribution in [0.1, 0.15) is 30.7 Å². The van der Waals surface area contributed by atoms with E-state index in [1.54, 1.807) is 18.2 Å². The average Bonchev–Trinajstić information content (AvgIpc) is 3.08. The Morgan fingerprint density at radius 2 is 1.88 bits per heavy atom. The summed E-state index contributed by atoms with van der Waals surface area (Å²) >= 11 is 0. The van der Waals surface area contributed by atoms with Crippen molar-refractivity contribution in [3.8, 4) is 5.75 Å². The van der Waals surface area contributed by atoms with Gasteiger partial charge in [-0.05, 0) is 63.4 Å². The van der Waals surface area contributed by atoms with E-state index in [9.17, 15) is 9.59 Å². The maximum absolute atomic E-state index is 12.5. The number of allylic oxidation sites excluding steroid dienone is 2. The zero-order valence-electron chi connectivity index (χ0n) is 18.5. The van der Waals surface area contributed by atoms with E-state index in [0.29, 0.717) is 36.3 Å². The first-order valence-corrected chi connectivity index (χ1v) is 10.6. The SMILES string of the molecule is CC(C)=CCc1c(OC(=O)NCCc2c(C)[nH]c3ccccc23)ccc2ccc(=O)oc12. The molecule has 0 saturated carbocycles. The number of aryl methyl sites for hydroxylation is 1. The van der Waals surface area contributed by atoms with Crippen LogP contribution < -0.4 is 15.7 Å². The summed E-state index contributed by atoms with van der Waals surface area (Å²) in [6, 6.07) is 14.7. The predicted molar refractivity (Wildman–Crippen MR) is 126 cm³/mol. The molecule has 2 aromatic carbocycles. The average molecular weight is 431 g/mol. The Morgan fingerprint density at radius 1 is 1.09 bits per heavy atom. The number of ether oxygens (including phenoxy) is 1. The molecule has 2 aromatic heterocycles. The van der Waals surface area contributed by atoms with Crippen molar-refractivity contribution in [2.24, 2.45) is 0 Å². The minimum absolute atomic E-state index is 0.380. The first-order chi connectivity index (χ1) is 15.4. The van der Waals surface area contributed by atoms with E-state index in [1.807, 2.05) is 45.0 Å². The number of aromatic nitrogens is 1. The van der Waals surface area contributed by atoms with E-state index >= 15 is 0 Å². The fourth-order valence-electron chi connectivity index (χ4n) is 3.85. The highest BCUT2D eigenvalue weighted by molar-refractivity contribution is 5.85. The van der Waals surface area contributed by atoms with Gasteiger partial charge >= 0.3 is 11.7 Å². The summed E-state index contributed by atoms with van der Waals surface area (Å²) in [6.07, 6.45) is 2.64. The highest BCUT2D eigenvalue weighted by Gasteiger charge is 2.15. The molecular formula is C26H26N2O4. The molecule has 32 heavy (non-hydrogen) atoms. The number of carbonyl (C=O) groups excluding carboxylic acids is 1. The molecular weight excluding hydrogens is 404 g/mol. The van der Waals surface area contributed by atoms with Crippen LogP contribution in [0.25, 0.3) is 21.9 Å². The van der Waals surface area contributed by atoms with Gasteiger partial charge in [0.15, 0.2) is 0 Å². The van der Waals surface area contributed by atoms with E-state index in [-0.39, 0.29) is 0 Å². The number of hydrogen-bond acceptors (Lipinski definition) is 4. The van der Waals surface area contributed by atoms with Gasteiger partial charge in [-0.1, -0.05) is 29.8 Å². The second-order valence-corrected chi connectivity index (χ2v) is 8.04. The van der Waals surface area contributed by atoms with Crippen molar-refractivity contribution in [2.45, 2.75) is 33.6 Å². The van der Waals surface area contributed by atoms with Crippen molar-refractivity contribution in [1.29, 1.82) is 0 Å². The number of nitrogens with one attached hydrogen (secondary N) is 2. The van der Waals surface area contributed by atoms with E-state index in [1.165, 1.54) is 11.6 Å². The van der Waals surface area contributed by atoms with E-state index in [4.69, 9.17) is 9.15 Å². The Labute approximate surface area is 185 Å². The van der Waals surface area contributed by atoms with Crippen molar-refractivity contribution >= 4 is 28.0 Å². The molecule has 0 saturated heterocycles. The predicted octanol–water partition coefficient (Wildman–Crippen LogP) is 5.42. The number of benzene rings is 2. The number of amides is 1. The van der Waals surface area contributed by atoms with Gasteiger partial charge in [-0.2, -0.15) is 0 Å². The van der Waals surface area contributed by atoms with Crippen molar-refractivity contribution in [3.63, 3.8) is 0 Å². The largest absolute Gasteiger partial charge is 0.422 e. The number of para-hydroxylation sites is 1. The van der Waals surface area contributed by atoms with Gasteiger partial charge in [0, 0.05) is 40.2 Å². The van der Waals surface area contributed by atoms with Crippen LogP contribution in [0.3, 0.4) is 0 Å². The highest BCUT2D eigenvalue weighted by atomic mass is 16.6. The molecule has 2 heterocycles. The van der Waals surface area contributed by atoms with Crippen LogP contribution in [0.4, 0.5) is 4.79 Å². The van der Waals surface area contributed by atoms with Crippen LogP contribution in [0.15, 0.2) is 69.4 Å². The van der Waals surface area contributed by atoms with Crippen molar-refractivity contribution in [1.82, 2.24) is 10.3 Å². The topological polar surface area (TPSA) is 84.3 Å². The zero-order valence-corrected chi connectivity index (χ0v) is 18.5. The summed E-state index contributed by atoms with van der Waals surface area (Å²) in [5.41, 5.74) is 5.15. The lowest BCUT2D eigenvalue weighted by Gasteiger charge is -2.12. The van der Waals surface area contributed by atoms with Gasteiger partial charge in [-0.3, -0.25) is 0 Å². The van der Waals surface area contributed by atoms with Gasteiger partial charge in [-0.15, -0.1) is 0 Å². The Hall–Kier alpha value is -3.80. The van der Waals surface area contributed by atoms with Crippen LogP contribution in [-0.4, -0.2) is 17.6 Å². The van der Waals surface area contributed by atoms with Crippen LogP contribution in [0.2, 0.25) is 0 Å². The van der Waals surface area contributed by atoms with Gasteiger partial charge in [0.2, 0.25) is 0 Å². The Morgan fingerprint density at radius 3 is 2.69 bits per heavy atom. The van der Waals surface area contributed by atoms with E-state index < -0.39 is 11.7 Å². The minimum atomic E-state index is -0.543. The van der Waals surface area contributed by atoms with Crippen molar-refractivity contribution in [3.05, 3.63) is 87.4 Å². The molecule has 4 aromatic rings. The van der Waals surface area contributed by atoms with Gasteiger partial charge in [-0.25, -0.2) is 9.59 Å². The number of carbonyl (C=O) groups is 1. The molecule has 0 radical (unpaired) electrons. The number of aromatic amines is 1. The smallest absolute Gasteiger partial charge is 0.412 e. The summed E-state index contributed by atoms with van der Waals surface area (Å²) in [5, 5.41) is 4.77. The van der Waals surface area contributed by atoms with E-state index in [2.05, 4.69) is 16.4 Å². The fraction of sp³-hybridized carbons (Fsp3) is 0.231.